The maximum absolute atomic E-state index is 10.4. The number of aliphatic carboxylic acids is 1. The molecule has 4 N–H and O–H groups in total. The second-order valence-corrected chi connectivity index (χ2v) is 3.15. The van der Waals surface area contributed by atoms with Gasteiger partial charge in [0.15, 0.2) is 0 Å². The van der Waals surface area contributed by atoms with Crippen molar-refractivity contribution in [2.75, 3.05) is 0 Å². The Labute approximate surface area is 86.9 Å². The SMILES string of the molecule is CCC(CCC(NO)C(=N)C(=O)O)N=O. The molecule has 0 aromatic carbocycles. The average molecular weight is 217 g/mol. The zero-order valence-corrected chi connectivity index (χ0v) is 8.43. The molecule has 0 saturated heterocycles. The number of carbonyl (C=O) groups is 1. The zero-order chi connectivity index (χ0) is 11.8. The maximum Gasteiger partial charge on any atom is 0.351 e. The molecule has 7 heteroatoms. The fraction of sp³-hybridized carbons (Fsp3) is 0.750. The minimum absolute atomic E-state index is 0.186. The maximum atomic E-state index is 10.4. The van der Waals surface area contributed by atoms with Gasteiger partial charge in [0.25, 0.3) is 0 Å². The van der Waals surface area contributed by atoms with Gasteiger partial charge in [-0.05, 0) is 19.3 Å². The van der Waals surface area contributed by atoms with Gasteiger partial charge in [0, 0.05) is 0 Å². The third-order valence-electron chi connectivity index (χ3n) is 2.14. The van der Waals surface area contributed by atoms with Crippen LogP contribution in [0.5, 0.6) is 0 Å². The Balaban J connectivity index is 4.16. The van der Waals surface area contributed by atoms with Crippen LogP contribution in [0.4, 0.5) is 0 Å². The molecule has 7 nitrogen and oxygen atoms in total. The van der Waals surface area contributed by atoms with E-state index in [4.69, 9.17) is 15.7 Å². The average Bonchev–Trinajstić information content (AvgIpc) is 2.24. The van der Waals surface area contributed by atoms with Crippen LogP contribution in [0.2, 0.25) is 0 Å². The number of rotatable bonds is 8. The summed E-state index contributed by atoms with van der Waals surface area (Å²) in [5.74, 6) is -1.39. The normalized spacial score (nSPS) is 14.3. The molecule has 0 bridgehead atoms. The summed E-state index contributed by atoms with van der Waals surface area (Å²) >= 11 is 0. The summed E-state index contributed by atoms with van der Waals surface area (Å²) in [7, 11) is 0. The van der Waals surface area contributed by atoms with Gasteiger partial charge in [-0.25, -0.2) is 4.79 Å². The molecule has 0 rings (SSSR count). The Morgan fingerprint density at radius 3 is 2.47 bits per heavy atom. The van der Waals surface area contributed by atoms with Crippen molar-refractivity contribution in [1.29, 1.82) is 5.41 Å². The summed E-state index contributed by atoms with van der Waals surface area (Å²) in [6, 6.07) is -1.36. The fourth-order valence-corrected chi connectivity index (χ4v) is 1.11. The second-order valence-electron chi connectivity index (χ2n) is 3.15. The first kappa shape index (κ1) is 13.7. The van der Waals surface area contributed by atoms with Crippen molar-refractivity contribution >= 4 is 11.7 Å². The highest BCUT2D eigenvalue weighted by Crippen LogP contribution is 2.09. The van der Waals surface area contributed by atoms with Crippen LogP contribution < -0.4 is 5.48 Å². The first-order valence-electron chi connectivity index (χ1n) is 4.60. The van der Waals surface area contributed by atoms with Crippen molar-refractivity contribution in [3.05, 3.63) is 4.91 Å². The largest absolute Gasteiger partial charge is 0.477 e. The number of carboxylic acids is 1. The summed E-state index contributed by atoms with van der Waals surface area (Å²) in [4.78, 5) is 20.7. The second kappa shape index (κ2) is 7.02. The van der Waals surface area contributed by atoms with Gasteiger partial charge in [-0.1, -0.05) is 12.1 Å². The molecule has 0 radical (unpaired) electrons. The van der Waals surface area contributed by atoms with Crippen molar-refractivity contribution in [1.82, 2.24) is 5.48 Å². The molecule has 0 saturated carbocycles. The Bertz CT molecular complexity index is 244. The van der Waals surface area contributed by atoms with E-state index in [9.17, 15) is 9.70 Å². The van der Waals surface area contributed by atoms with Gasteiger partial charge in [0.2, 0.25) is 0 Å². The summed E-state index contributed by atoms with van der Waals surface area (Å²) in [6.45, 7) is 1.79. The van der Waals surface area contributed by atoms with Crippen molar-refractivity contribution < 1.29 is 15.1 Å². The van der Waals surface area contributed by atoms with Crippen molar-refractivity contribution in [3.63, 3.8) is 0 Å². The predicted molar refractivity (Wildman–Crippen MR) is 53.2 cm³/mol. The molecule has 86 valence electrons. The van der Waals surface area contributed by atoms with E-state index >= 15 is 0 Å². The number of nitrogens with zero attached hydrogens (tertiary/aromatic N) is 1. The summed E-state index contributed by atoms with van der Waals surface area (Å²) in [5.41, 5.74) is 1.11. The molecule has 0 aliphatic carbocycles. The quantitative estimate of drug-likeness (QED) is 0.271. The van der Waals surface area contributed by atoms with E-state index in [1.807, 2.05) is 0 Å². The van der Waals surface area contributed by atoms with Crippen LogP contribution in [0, 0.1) is 10.3 Å². The Kier molecular flexibility index (Phi) is 6.39. The van der Waals surface area contributed by atoms with Gasteiger partial charge in [-0.2, -0.15) is 10.4 Å². The van der Waals surface area contributed by atoms with E-state index in [1.54, 1.807) is 12.4 Å². The van der Waals surface area contributed by atoms with Crippen LogP contribution in [0.3, 0.4) is 0 Å². The highest BCUT2D eigenvalue weighted by molar-refractivity contribution is 6.36. The lowest BCUT2D eigenvalue weighted by atomic mass is 10.0. The minimum Gasteiger partial charge on any atom is -0.477 e. The van der Waals surface area contributed by atoms with E-state index in [0.29, 0.717) is 12.8 Å². The molecule has 15 heavy (non-hydrogen) atoms. The summed E-state index contributed by atoms with van der Waals surface area (Å²) in [5, 5.41) is 27.1. The van der Waals surface area contributed by atoms with Gasteiger partial charge in [-0.15, -0.1) is 0 Å². The molecule has 2 atom stereocenters. The van der Waals surface area contributed by atoms with Crippen LogP contribution in [0.1, 0.15) is 26.2 Å². The predicted octanol–water partition coefficient (Wildman–Crippen LogP) is 0.763. The molecule has 0 fully saturated rings. The molecule has 0 aliphatic rings. The van der Waals surface area contributed by atoms with Gasteiger partial charge < -0.3 is 10.3 Å². The van der Waals surface area contributed by atoms with Crippen LogP contribution in [0.15, 0.2) is 5.18 Å². The van der Waals surface area contributed by atoms with Gasteiger partial charge in [-0.3, -0.25) is 5.41 Å². The number of carboxylic acid groups (broad SMARTS) is 1. The van der Waals surface area contributed by atoms with Crippen LogP contribution in [0.25, 0.3) is 0 Å². The number of hydrogen-bond donors (Lipinski definition) is 4. The van der Waals surface area contributed by atoms with E-state index in [2.05, 4.69) is 5.18 Å². The van der Waals surface area contributed by atoms with Crippen molar-refractivity contribution in [3.8, 4) is 0 Å². The third-order valence-corrected chi connectivity index (χ3v) is 2.14. The molecule has 0 spiro atoms. The lowest BCUT2D eigenvalue weighted by Crippen LogP contribution is -2.38. The molecule has 0 aliphatic heterocycles. The Morgan fingerprint density at radius 1 is 1.53 bits per heavy atom. The number of nitrogens with one attached hydrogen (secondary N) is 2. The van der Waals surface area contributed by atoms with Crippen molar-refractivity contribution in [2.24, 2.45) is 5.18 Å². The lowest BCUT2D eigenvalue weighted by molar-refractivity contribution is -0.129. The van der Waals surface area contributed by atoms with Gasteiger partial charge in [0.05, 0.1) is 12.1 Å². The van der Waals surface area contributed by atoms with E-state index in [0.717, 1.165) is 0 Å². The topological polar surface area (TPSA) is 123 Å². The zero-order valence-electron chi connectivity index (χ0n) is 8.43. The van der Waals surface area contributed by atoms with Crippen LogP contribution in [-0.2, 0) is 4.79 Å². The van der Waals surface area contributed by atoms with Crippen LogP contribution >= 0.6 is 0 Å². The number of hydrogen-bond acceptors (Lipinski definition) is 6. The summed E-state index contributed by atoms with van der Waals surface area (Å²) in [6.07, 6.45) is 1.09. The highest BCUT2D eigenvalue weighted by Gasteiger charge is 2.21. The smallest absolute Gasteiger partial charge is 0.351 e. The molecule has 0 amide bonds. The lowest BCUT2D eigenvalue weighted by Gasteiger charge is -2.14. The molecule has 0 aromatic heterocycles. The number of nitroso groups, excluding NO2 is 1. The van der Waals surface area contributed by atoms with E-state index in [1.165, 1.54) is 0 Å². The monoisotopic (exact) mass is 217 g/mol. The van der Waals surface area contributed by atoms with Crippen LogP contribution in [-0.4, -0.2) is 34.1 Å². The standard InChI is InChI=1S/C8H15N3O4/c1-2-5(10-14)3-4-6(11-15)7(9)8(12)13/h5-6,9,11,15H,2-4H2,1H3,(H,12,13). The first-order chi connectivity index (χ1) is 7.06. The molecular formula is C8H15N3O4. The van der Waals surface area contributed by atoms with Crippen molar-refractivity contribution in [2.45, 2.75) is 38.3 Å². The van der Waals surface area contributed by atoms with Gasteiger partial charge >= 0.3 is 5.97 Å². The third kappa shape index (κ3) is 4.61. The minimum atomic E-state index is -1.39. The van der Waals surface area contributed by atoms with Gasteiger partial charge in [0.1, 0.15) is 5.71 Å². The summed E-state index contributed by atoms with van der Waals surface area (Å²) < 4.78 is 0. The first-order valence-corrected chi connectivity index (χ1v) is 4.60. The molecular weight excluding hydrogens is 202 g/mol. The molecule has 0 heterocycles. The molecule has 0 aromatic rings. The number of hydroxylamine groups is 1. The van der Waals surface area contributed by atoms with E-state index in [-0.39, 0.29) is 6.42 Å². The van der Waals surface area contributed by atoms with E-state index < -0.39 is 23.8 Å². The highest BCUT2D eigenvalue weighted by atomic mass is 16.5. The Hall–Kier alpha value is -1.34. The Morgan fingerprint density at radius 2 is 2.13 bits per heavy atom. The fourth-order valence-electron chi connectivity index (χ4n) is 1.11. The molecule has 2 unspecified atom stereocenters.